The fourth-order valence-corrected chi connectivity index (χ4v) is 2.85. The Hall–Kier alpha value is -3.54. The van der Waals surface area contributed by atoms with Crippen molar-refractivity contribution in [1.29, 1.82) is 0 Å². The van der Waals surface area contributed by atoms with Crippen LogP contribution in [-0.4, -0.2) is 29.4 Å². The van der Waals surface area contributed by atoms with Crippen LogP contribution in [-0.2, 0) is 11.3 Å². The Morgan fingerprint density at radius 1 is 1.14 bits per heavy atom. The Balaban J connectivity index is 1.60. The first kappa shape index (κ1) is 20.2. The van der Waals surface area contributed by atoms with Gasteiger partial charge in [0.05, 0.1) is 19.9 Å². The third-order valence-corrected chi connectivity index (χ3v) is 4.34. The molecule has 1 heterocycles. The normalized spacial score (nSPS) is 10.9. The second kappa shape index (κ2) is 9.59. The number of hydrogen-bond donors (Lipinski definition) is 1. The van der Waals surface area contributed by atoms with Gasteiger partial charge in [0.2, 0.25) is 0 Å². The second-order valence-electron chi connectivity index (χ2n) is 6.61. The van der Waals surface area contributed by atoms with Crippen molar-refractivity contribution in [3.8, 4) is 11.5 Å². The monoisotopic (exact) mass is 391 g/mol. The van der Waals surface area contributed by atoms with Gasteiger partial charge in [-0.2, -0.15) is 5.10 Å². The summed E-state index contributed by atoms with van der Waals surface area (Å²) < 4.78 is 12.8. The Morgan fingerprint density at radius 3 is 2.66 bits per heavy atom. The molecule has 6 nitrogen and oxygen atoms in total. The van der Waals surface area contributed by atoms with Crippen molar-refractivity contribution in [2.45, 2.75) is 20.4 Å². The quantitative estimate of drug-likeness (QED) is 0.622. The highest BCUT2D eigenvalue weighted by molar-refractivity contribution is 5.91. The summed E-state index contributed by atoms with van der Waals surface area (Å²) in [5.74, 6) is 1.45. The van der Waals surface area contributed by atoms with Crippen LogP contribution in [0.5, 0.6) is 11.5 Å². The summed E-state index contributed by atoms with van der Waals surface area (Å²) in [4.78, 5) is 12.4. The van der Waals surface area contributed by atoms with E-state index in [2.05, 4.69) is 34.7 Å². The minimum Gasteiger partial charge on any atom is -0.493 e. The Kier molecular flexibility index (Phi) is 6.68. The smallest absolute Gasteiger partial charge is 0.263 e. The molecule has 3 aromatic rings. The molecule has 0 aliphatic carbocycles. The topological polar surface area (TPSA) is 65.4 Å². The second-order valence-corrected chi connectivity index (χ2v) is 6.61. The largest absolute Gasteiger partial charge is 0.493 e. The van der Waals surface area contributed by atoms with Crippen molar-refractivity contribution < 1.29 is 14.3 Å². The van der Waals surface area contributed by atoms with E-state index in [1.54, 1.807) is 30.1 Å². The molecule has 3 rings (SSSR count). The molecule has 0 fully saturated rings. The number of amides is 1. The molecule has 0 saturated heterocycles. The van der Waals surface area contributed by atoms with Gasteiger partial charge in [0.1, 0.15) is 5.82 Å². The summed E-state index contributed by atoms with van der Waals surface area (Å²) in [5.41, 5.74) is 3.31. The number of aromatic nitrogens is 2. The van der Waals surface area contributed by atoms with Gasteiger partial charge in [-0.05, 0) is 37.1 Å². The number of benzene rings is 2. The van der Waals surface area contributed by atoms with Crippen LogP contribution in [0.4, 0.5) is 5.82 Å². The van der Waals surface area contributed by atoms with Crippen molar-refractivity contribution in [3.63, 3.8) is 0 Å². The number of methoxy groups -OCH3 is 1. The number of anilines is 1. The predicted molar refractivity (Wildman–Crippen MR) is 114 cm³/mol. The van der Waals surface area contributed by atoms with Crippen LogP contribution in [0, 0.1) is 6.92 Å². The van der Waals surface area contributed by atoms with E-state index >= 15 is 0 Å². The SMILES string of the molecule is CC=Cc1ccc(OCC(=O)Nc2ccnn2Cc2ccc(C)cc2)c(OC)c1. The molecule has 0 saturated carbocycles. The Morgan fingerprint density at radius 2 is 1.93 bits per heavy atom. The number of aryl methyl sites for hydroxylation is 1. The van der Waals surface area contributed by atoms with Gasteiger partial charge in [-0.3, -0.25) is 4.79 Å². The van der Waals surface area contributed by atoms with Crippen molar-refractivity contribution in [3.05, 3.63) is 77.5 Å². The summed E-state index contributed by atoms with van der Waals surface area (Å²) >= 11 is 0. The molecule has 0 spiro atoms. The van der Waals surface area contributed by atoms with Gasteiger partial charge < -0.3 is 14.8 Å². The van der Waals surface area contributed by atoms with Crippen molar-refractivity contribution >= 4 is 17.8 Å². The highest BCUT2D eigenvalue weighted by atomic mass is 16.5. The van der Waals surface area contributed by atoms with Crippen LogP contribution in [0.1, 0.15) is 23.6 Å². The number of allylic oxidation sites excluding steroid dienone is 1. The molecule has 1 aromatic heterocycles. The van der Waals surface area contributed by atoms with Crippen LogP contribution in [0.25, 0.3) is 6.08 Å². The van der Waals surface area contributed by atoms with Gasteiger partial charge in [0, 0.05) is 6.07 Å². The molecular weight excluding hydrogens is 366 g/mol. The average molecular weight is 391 g/mol. The fraction of sp³-hybridized carbons (Fsp3) is 0.217. The third-order valence-electron chi connectivity index (χ3n) is 4.34. The fourth-order valence-electron chi connectivity index (χ4n) is 2.85. The van der Waals surface area contributed by atoms with Crippen molar-refractivity contribution in [1.82, 2.24) is 9.78 Å². The number of rotatable bonds is 8. The summed E-state index contributed by atoms with van der Waals surface area (Å²) in [7, 11) is 1.57. The van der Waals surface area contributed by atoms with Crippen molar-refractivity contribution in [2.75, 3.05) is 19.0 Å². The molecule has 1 N–H and O–H groups in total. The summed E-state index contributed by atoms with van der Waals surface area (Å²) in [5, 5.41) is 7.14. The van der Waals surface area contributed by atoms with E-state index in [-0.39, 0.29) is 12.5 Å². The Bertz CT molecular complexity index is 991. The minimum absolute atomic E-state index is 0.130. The van der Waals surface area contributed by atoms with Crippen LogP contribution in [0.3, 0.4) is 0 Å². The van der Waals surface area contributed by atoms with Crippen LogP contribution < -0.4 is 14.8 Å². The molecule has 2 aromatic carbocycles. The molecule has 6 heteroatoms. The summed E-state index contributed by atoms with van der Waals surface area (Å²) in [6, 6.07) is 15.5. The van der Waals surface area contributed by atoms with Gasteiger partial charge in [-0.15, -0.1) is 0 Å². The number of nitrogens with one attached hydrogen (secondary N) is 1. The molecule has 0 aliphatic heterocycles. The van der Waals surface area contributed by atoms with E-state index in [0.29, 0.717) is 23.9 Å². The molecular formula is C23H25N3O3. The zero-order valence-corrected chi connectivity index (χ0v) is 16.9. The van der Waals surface area contributed by atoms with Gasteiger partial charge in [-0.25, -0.2) is 4.68 Å². The number of nitrogens with zero attached hydrogens (tertiary/aromatic N) is 2. The van der Waals surface area contributed by atoms with Gasteiger partial charge >= 0.3 is 0 Å². The molecule has 0 bridgehead atoms. The first-order chi connectivity index (χ1) is 14.1. The van der Waals surface area contributed by atoms with E-state index in [1.165, 1.54) is 5.56 Å². The number of ether oxygens (including phenoxy) is 2. The molecule has 150 valence electrons. The standard InChI is InChI=1S/C23H25N3O3/c1-4-5-18-10-11-20(21(14-18)28-3)29-16-23(27)25-22-12-13-24-26(22)15-19-8-6-17(2)7-9-19/h4-14H,15-16H2,1-3H3,(H,25,27). The summed E-state index contributed by atoms with van der Waals surface area (Å²) in [6.45, 7) is 4.44. The first-order valence-corrected chi connectivity index (χ1v) is 9.40. The molecule has 29 heavy (non-hydrogen) atoms. The van der Waals surface area contributed by atoms with Crippen LogP contribution >= 0.6 is 0 Å². The van der Waals surface area contributed by atoms with Crippen molar-refractivity contribution in [2.24, 2.45) is 0 Å². The third kappa shape index (κ3) is 5.48. The molecule has 1 amide bonds. The van der Waals surface area contributed by atoms with Crippen LogP contribution in [0.2, 0.25) is 0 Å². The highest BCUT2D eigenvalue weighted by Crippen LogP contribution is 2.28. The van der Waals surface area contributed by atoms with E-state index in [0.717, 1.165) is 11.1 Å². The zero-order chi connectivity index (χ0) is 20.6. The lowest BCUT2D eigenvalue weighted by Crippen LogP contribution is -2.22. The minimum atomic E-state index is -0.268. The number of hydrogen-bond acceptors (Lipinski definition) is 4. The molecule has 0 aliphatic rings. The first-order valence-electron chi connectivity index (χ1n) is 9.40. The average Bonchev–Trinajstić information content (AvgIpc) is 3.15. The number of carbonyl (C=O) groups excluding carboxylic acids is 1. The zero-order valence-electron chi connectivity index (χ0n) is 16.9. The summed E-state index contributed by atoms with van der Waals surface area (Å²) in [6.07, 6.45) is 5.57. The van der Waals surface area contributed by atoms with Gasteiger partial charge in [0.25, 0.3) is 5.91 Å². The molecule has 0 radical (unpaired) electrons. The molecule has 0 atom stereocenters. The predicted octanol–water partition coefficient (Wildman–Crippen LogP) is 4.30. The maximum absolute atomic E-state index is 12.4. The van der Waals surface area contributed by atoms with Gasteiger partial charge in [0.15, 0.2) is 18.1 Å². The Labute approximate surface area is 170 Å². The van der Waals surface area contributed by atoms with E-state index in [4.69, 9.17) is 9.47 Å². The van der Waals surface area contributed by atoms with E-state index in [1.807, 2.05) is 38.1 Å². The lowest BCUT2D eigenvalue weighted by atomic mass is 10.1. The van der Waals surface area contributed by atoms with Crippen LogP contribution in [0.15, 0.2) is 60.8 Å². The highest BCUT2D eigenvalue weighted by Gasteiger charge is 2.11. The lowest BCUT2D eigenvalue weighted by molar-refractivity contribution is -0.118. The maximum Gasteiger partial charge on any atom is 0.263 e. The van der Waals surface area contributed by atoms with E-state index < -0.39 is 0 Å². The molecule has 0 unspecified atom stereocenters. The maximum atomic E-state index is 12.4. The lowest BCUT2D eigenvalue weighted by Gasteiger charge is -2.12. The van der Waals surface area contributed by atoms with E-state index in [9.17, 15) is 4.79 Å². The number of carbonyl (C=O) groups is 1. The van der Waals surface area contributed by atoms with Gasteiger partial charge in [-0.1, -0.05) is 48.0 Å².